The number of nitriles is 1. The van der Waals surface area contributed by atoms with Crippen LogP contribution in [0.5, 0.6) is 5.75 Å². The third-order valence-electron chi connectivity index (χ3n) is 2.60. The Morgan fingerprint density at radius 2 is 2.50 bits per heavy atom. The van der Waals surface area contributed by atoms with Crippen molar-refractivity contribution in [1.29, 1.82) is 5.26 Å². The summed E-state index contributed by atoms with van der Waals surface area (Å²) in [5.74, 6) is 0.541. The zero-order valence-corrected chi connectivity index (χ0v) is 9.06. The fraction of sp³-hybridized carbons (Fsp3) is 0.500. The van der Waals surface area contributed by atoms with E-state index in [2.05, 4.69) is 11.1 Å². The van der Waals surface area contributed by atoms with Gasteiger partial charge in [0.05, 0.1) is 17.9 Å². The first-order chi connectivity index (χ1) is 7.90. The third kappa shape index (κ3) is 2.71. The Bertz CT molecular complexity index is 381. The van der Waals surface area contributed by atoms with Crippen molar-refractivity contribution >= 4 is 0 Å². The predicted molar refractivity (Wildman–Crippen MR) is 58.0 cm³/mol. The largest absolute Gasteiger partial charge is 0.488 e. The van der Waals surface area contributed by atoms with E-state index >= 15 is 0 Å². The van der Waals surface area contributed by atoms with Crippen LogP contribution in [0.3, 0.4) is 0 Å². The van der Waals surface area contributed by atoms with Crippen LogP contribution in [-0.4, -0.2) is 24.3 Å². The third-order valence-corrected chi connectivity index (χ3v) is 2.60. The average molecular weight is 218 g/mol. The van der Waals surface area contributed by atoms with E-state index in [0.717, 1.165) is 19.4 Å². The Labute approximate surface area is 94.8 Å². The van der Waals surface area contributed by atoms with E-state index in [1.165, 1.54) is 6.42 Å². The van der Waals surface area contributed by atoms with Gasteiger partial charge in [-0.05, 0) is 25.3 Å². The summed E-state index contributed by atoms with van der Waals surface area (Å²) in [6, 6.07) is 3.73. The van der Waals surface area contributed by atoms with Crippen molar-refractivity contribution in [2.75, 3.05) is 13.2 Å². The number of rotatable bonds is 3. The fourth-order valence-corrected chi connectivity index (χ4v) is 1.71. The lowest BCUT2D eigenvalue weighted by molar-refractivity contribution is -0.0111. The van der Waals surface area contributed by atoms with Crippen LogP contribution in [0.2, 0.25) is 0 Å². The molecule has 1 aromatic heterocycles. The van der Waals surface area contributed by atoms with Crippen LogP contribution in [0.25, 0.3) is 0 Å². The van der Waals surface area contributed by atoms with Crippen molar-refractivity contribution in [3.8, 4) is 11.8 Å². The summed E-state index contributed by atoms with van der Waals surface area (Å²) in [5, 5.41) is 8.87. The van der Waals surface area contributed by atoms with Crippen LogP contribution < -0.4 is 4.74 Å². The summed E-state index contributed by atoms with van der Waals surface area (Å²) in [4.78, 5) is 3.94. The van der Waals surface area contributed by atoms with Crippen LogP contribution in [0.4, 0.5) is 0 Å². The lowest BCUT2D eigenvalue weighted by Crippen LogP contribution is -2.25. The molecular weight excluding hydrogens is 204 g/mol. The smallest absolute Gasteiger partial charge is 0.155 e. The normalized spacial score (nSPS) is 20.1. The molecule has 84 valence electrons. The summed E-state index contributed by atoms with van der Waals surface area (Å²) in [6.07, 6.45) is 6.66. The lowest BCUT2D eigenvalue weighted by atomic mass is 10.1. The molecule has 0 N–H and O–H groups in total. The molecule has 16 heavy (non-hydrogen) atoms. The van der Waals surface area contributed by atoms with Crippen LogP contribution in [0, 0.1) is 11.3 Å². The van der Waals surface area contributed by atoms with E-state index in [4.69, 9.17) is 14.7 Å². The van der Waals surface area contributed by atoms with Crippen LogP contribution >= 0.6 is 0 Å². The SMILES string of the molecule is N#Cc1ccncc1OCC1CCCCO1. The quantitative estimate of drug-likeness (QED) is 0.777. The second-order valence-corrected chi connectivity index (χ2v) is 3.78. The lowest BCUT2D eigenvalue weighted by Gasteiger charge is -2.22. The monoisotopic (exact) mass is 218 g/mol. The van der Waals surface area contributed by atoms with Crippen LogP contribution in [0.15, 0.2) is 18.5 Å². The fourth-order valence-electron chi connectivity index (χ4n) is 1.71. The highest BCUT2D eigenvalue weighted by molar-refractivity contribution is 5.40. The van der Waals surface area contributed by atoms with Gasteiger partial charge in [0.2, 0.25) is 0 Å². The van der Waals surface area contributed by atoms with Gasteiger partial charge >= 0.3 is 0 Å². The summed E-state index contributed by atoms with van der Waals surface area (Å²) < 4.78 is 11.1. The number of ether oxygens (including phenoxy) is 2. The minimum atomic E-state index is 0.153. The highest BCUT2D eigenvalue weighted by Crippen LogP contribution is 2.18. The van der Waals surface area contributed by atoms with E-state index in [1.54, 1.807) is 18.5 Å². The van der Waals surface area contributed by atoms with Gasteiger partial charge in [0.25, 0.3) is 0 Å². The topological polar surface area (TPSA) is 55.1 Å². The zero-order chi connectivity index (χ0) is 11.2. The van der Waals surface area contributed by atoms with Gasteiger partial charge in [0, 0.05) is 12.8 Å². The summed E-state index contributed by atoms with van der Waals surface area (Å²) in [7, 11) is 0. The van der Waals surface area contributed by atoms with Gasteiger partial charge in [-0.2, -0.15) is 5.26 Å². The molecule has 4 nitrogen and oxygen atoms in total. The minimum Gasteiger partial charge on any atom is -0.488 e. The molecule has 0 saturated carbocycles. The van der Waals surface area contributed by atoms with Crippen molar-refractivity contribution in [3.63, 3.8) is 0 Å². The standard InChI is InChI=1S/C12H14N2O2/c13-7-10-4-5-14-8-12(10)16-9-11-3-1-2-6-15-11/h4-5,8,11H,1-3,6,9H2. The minimum absolute atomic E-state index is 0.153. The molecule has 1 saturated heterocycles. The molecular formula is C12H14N2O2. The molecule has 0 aliphatic carbocycles. The van der Waals surface area contributed by atoms with Gasteiger partial charge in [0.1, 0.15) is 12.7 Å². The highest BCUT2D eigenvalue weighted by Gasteiger charge is 2.15. The first-order valence-corrected chi connectivity index (χ1v) is 5.48. The first kappa shape index (κ1) is 10.9. The summed E-state index contributed by atoms with van der Waals surface area (Å²) in [5.41, 5.74) is 0.519. The molecule has 2 rings (SSSR count). The molecule has 0 aromatic carbocycles. The molecule has 1 unspecified atom stereocenters. The molecule has 1 aliphatic heterocycles. The van der Waals surface area contributed by atoms with Gasteiger partial charge in [-0.25, -0.2) is 0 Å². The Morgan fingerprint density at radius 1 is 1.56 bits per heavy atom. The first-order valence-electron chi connectivity index (χ1n) is 5.48. The van der Waals surface area contributed by atoms with Crippen molar-refractivity contribution < 1.29 is 9.47 Å². The molecule has 2 heterocycles. The Kier molecular flexibility index (Phi) is 3.73. The van der Waals surface area contributed by atoms with Crippen molar-refractivity contribution in [2.24, 2.45) is 0 Å². The Morgan fingerprint density at radius 3 is 3.25 bits per heavy atom. The molecule has 1 aromatic rings. The van der Waals surface area contributed by atoms with E-state index in [-0.39, 0.29) is 6.10 Å². The maximum Gasteiger partial charge on any atom is 0.155 e. The second kappa shape index (κ2) is 5.47. The molecule has 0 spiro atoms. The number of aromatic nitrogens is 1. The maximum atomic E-state index is 8.87. The summed E-state index contributed by atoms with van der Waals surface area (Å²) in [6.45, 7) is 1.31. The highest BCUT2D eigenvalue weighted by atomic mass is 16.5. The number of hydrogen-bond donors (Lipinski definition) is 0. The molecule has 4 heteroatoms. The van der Waals surface area contributed by atoms with E-state index in [1.807, 2.05) is 0 Å². The van der Waals surface area contributed by atoms with Crippen LogP contribution in [0.1, 0.15) is 24.8 Å². The number of nitrogens with zero attached hydrogens (tertiary/aromatic N) is 2. The molecule has 0 bridgehead atoms. The zero-order valence-electron chi connectivity index (χ0n) is 9.06. The van der Waals surface area contributed by atoms with Crippen LogP contribution in [-0.2, 0) is 4.74 Å². The molecule has 1 aliphatic rings. The van der Waals surface area contributed by atoms with Gasteiger partial charge in [-0.15, -0.1) is 0 Å². The number of pyridine rings is 1. The average Bonchev–Trinajstić information content (AvgIpc) is 2.38. The maximum absolute atomic E-state index is 8.87. The van der Waals surface area contributed by atoms with Gasteiger partial charge < -0.3 is 9.47 Å². The van der Waals surface area contributed by atoms with E-state index in [0.29, 0.717) is 17.9 Å². The second-order valence-electron chi connectivity index (χ2n) is 3.78. The molecule has 1 atom stereocenters. The van der Waals surface area contributed by atoms with Crippen molar-refractivity contribution in [2.45, 2.75) is 25.4 Å². The van der Waals surface area contributed by atoms with Gasteiger partial charge in [-0.1, -0.05) is 0 Å². The summed E-state index contributed by atoms with van der Waals surface area (Å²) >= 11 is 0. The van der Waals surface area contributed by atoms with Gasteiger partial charge in [0.15, 0.2) is 5.75 Å². The van der Waals surface area contributed by atoms with Gasteiger partial charge in [-0.3, -0.25) is 4.98 Å². The van der Waals surface area contributed by atoms with Crippen molar-refractivity contribution in [3.05, 3.63) is 24.0 Å². The molecule has 0 amide bonds. The van der Waals surface area contributed by atoms with Crippen molar-refractivity contribution in [1.82, 2.24) is 4.98 Å². The molecule has 1 fully saturated rings. The number of hydrogen-bond acceptors (Lipinski definition) is 4. The Balaban J connectivity index is 1.91. The van der Waals surface area contributed by atoms with E-state index in [9.17, 15) is 0 Å². The molecule has 0 radical (unpaired) electrons. The van der Waals surface area contributed by atoms with E-state index < -0.39 is 0 Å². The Hall–Kier alpha value is -1.60. The predicted octanol–water partition coefficient (Wildman–Crippen LogP) is 1.90.